The van der Waals surface area contributed by atoms with E-state index in [0.717, 1.165) is 23.0 Å². The molecule has 218 valence electrons. The number of halogens is 3. The average molecular weight is 615 g/mol. The molecule has 14 heteroatoms. The summed E-state index contributed by atoms with van der Waals surface area (Å²) < 4.78 is 56.3. The van der Waals surface area contributed by atoms with Crippen molar-refractivity contribution in [3.8, 4) is 16.9 Å². The summed E-state index contributed by atoms with van der Waals surface area (Å²) in [5.74, 6) is -1.94. The van der Waals surface area contributed by atoms with Gasteiger partial charge in [0.1, 0.15) is 17.5 Å². The Bertz CT molecular complexity index is 1930. The lowest BCUT2D eigenvalue weighted by atomic mass is 10.1. The first-order valence-electron chi connectivity index (χ1n) is 12.7. The smallest absolute Gasteiger partial charge is 0.350 e. The van der Waals surface area contributed by atoms with E-state index in [1.165, 1.54) is 37.4 Å². The molecular formula is C28H25ClF2N6O4S. The monoisotopic (exact) mass is 614 g/mol. The van der Waals surface area contributed by atoms with Crippen LogP contribution in [0.3, 0.4) is 0 Å². The van der Waals surface area contributed by atoms with Gasteiger partial charge in [-0.1, -0.05) is 24.2 Å². The molecule has 0 bridgehead atoms. The summed E-state index contributed by atoms with van der Waals surface area (Å²) in [6.45, 7) is 7.78. The van der Waals surface area contributed by atoms with E-state index in [0.29, 0.717) is 13.1 Å². The van der Waals surface area contributed by atoms with E-state index in [4.69, 9.17) is 11.6 Å². The number of hydrogen-bond donors (Lipinski definition) is 0. The van der Waals surface area contributed by atoms with Crippen molar-refractivity contribution in [1.82, 2.24) is 24.4 Å². The summed E-state index contributed by atoms with van der Waals surface area (Å²) in [6.07, 6.45) is 3.50. The molecule has 1 aliphatic heterocycles. The van der Waals surface area contributed by atoms with Crippen LogP contribution in [0.15, 0.2) is 58.9 Å². The van der Waals surface area contributed by atoms with E-state index < -0.39 is 32.7 Å². The van der Waals surface area contributed by atoms with Gasteiger partial charge in [-0.3, -0.25) is 9.78 Å². The number of anilines is 1. The van der Waals surface area contributed by atoms with Crippen LogP contribution in [-0.2, 0) is 14.6 Å². The van der Waals surface area contributed by atoms with Gasteiger partial charge in [-0.2, -0.15) is 4.98 Å². The van der Waals surface area contributed by atoms with E-state index >= 15 is 0 Å². The van der Waals surface area contributed by atoms with Crippen molar-refractivity contribution < 1.29 is 22.0 Å². The van der Waals surface area contributed by atoms with Gasteiger partial charge in [-0.25, -0.2) is 31.5 Å². The van der Waals surface area contributed by atoms with Gasteiger partial charge in [0.15, 0.2) is 15.5 Å². The number of carbonyl (C=O) groups excluding carboxylic acids is 1. The summed E-state index contributed by atoms with van der Waals surface area (Å²) in [5, 5.41) is 0.0947. The Labute approximate surface area is 244 Å². The zero-order chi connectivity index (χ0) is 30.5. The molecule has 0 aliphatic carbocycles. The molecule has 1 amide bonds. The maximum Gasteiger partial charge on any atom is 0.355 e. The minimum absolute atomic E-state index is 0.0988. The van der Waals surface area contributed by atoms with E-state index in [1.54, 1.807) is 9.80 Å². The molecule has 10 nitrogen and oxygen atoms in total. The van der Waals surface area contributed by atoms with Gasteiger partial charge in [-0.05, 0) is 44.2 Å². The fraction of sp³-hybridized carbons (Fsp3) is 0.250. The molecule has 0 radical (unpaired) electrons. The lowest BCUT2D eigenvalue weighted by molar-refractivity contribution is -0.126. The van der Waals surface area contributed by atoms with Crippen molar-refractivity contribution in [3.63, 3.8) is 0 Å². The highest BCUT2D eigenvalue weighted by Crippen LogP contribution is 2.37. The number of rotatable bonds is 5. The van der Waals surface area contributed by atoms with Crippen LogP contribution >= 0.6 is 11.6 Å². The number of benzene rings is 1. The maximum absolute atomic E-state index is 14.9. The second kappa shape index (κ2) is 10.9. The molecular weight excluding hydrogens is 590 g/mol. The minimum atomic E-state index is -3.89. The highest BCUT2D eigenvalue weighted by molar-refractivity contribution is 7.90. The molecule has 3 aromatic heterocycles. The normalized spacial score (nSPS) is 15.7. The number of pyridine rings is 2. The Hall–Kier alpha value is -4.23. The molecule has 0 unspecified atom stereocenters. The molecule has 1 aliphatic rings. The number of hydrogen-bond acceptors (Lipinski definition) is 8. The van der Waals surface area contributed by atoms with Gasteiger partial charge >= 0.3 is 5.69 Å². The van der Waals surface area contributed by atoms with E-state index in [9.17, 15) is 26.8 Å². The zero-order valence-corrected chi connectivity index (χ0v) is 24.4. The molecule has 1 aromatic carbocycles. The minimum Gasteiger partial charge on any atom is -0.350 e. The highest BCUT2D eigenvalue weighted by atomic mass is 35.5. The quantitative estimate of drug-likeness (QED) is 0.312. The van der Waals surface area contributed by atoms with Gasteiger partial charge in [-0.15, -0.1) is 0 Å². The van der Waals surface area contributed by atoms with Crippen molar-refractivity contribution >= 4 is 44.2 Å². The Morgan fingerprint density at radius 3 is 2.48 bits per heavy atom. The number of piperazine rings is 1. The number of aromatic nitrogens is 4. The summed E-state index contributed by atoms with van der Waals surface area (Å²) in [4.78, 5) is 42.2. The number of amides is 1. The molecule has 4 aromatic rings. The first-order chi connectivity index (χ1) is 19.8. The van der Waals surface area contributed by atoms with Crippen molar-refractivity contribution in [1.29, 1.82) is 0 Å². The number of sulfone groups is 1. The SMILES string of the molecule is C=CC(=O)N1CCN(c2nc(=O)n(-c3c(S(C)(=O)=O)ccnc3C)c3nc(-c4c(F)cccc4F)c(Cl)cc23)[C@@H](C)C1. The standard InChI is InChI=1S/C28H25ClF2N6O4S/c1-5-22(38)35-11-12-36(15(2)14-35)26-17-13-18(29)24(23-19(30)7-6-8-20(23)31)33-27(17)37(28(39)34-26)25-16(3)32-10-9-21(25)42(4,40)41/h5-10,13,15H,1,11-12,14H2,2-4H3/t15-/m0/s1. The third-order valence-corrected chi connectivity index (χ3v) is 8.50. The van der Waals surface area contributed by atoms with Crippen molar-refractivity contribution in [2.45, 2.75) is 24.8 Å². The Kier molecular flexibility index (Phi) is 7.58. The van der Waals surface area contributed by atoms with E-state index in [2.05, 4.69) is 21.5 Å². The fourth-order valence-corrected chi connectivity index (χ4v) is 6.28. The van der Waals surface area contributed by atoms with Crippen molar-refractivity contribution in [2.75, 3.05) is 30.8 Å². The molecule has 0 saturated carbocycles. The summed E-state index contributed by atoms with van der Waals surface area (Å²) in [7, 11) is -3.89. The number of nitrogens with zero attached hydrogens (tertiary/aromatic N) is 6. The van der Waals surface area contributed by atoms with Crippen molar-refractivity contribution in [3.05, 3.63) is 82.0 Å². The number of aryl methyl sites for hydroxylation is 1. The summed E-state index contributed by atoms with van der Waals surface area (Å²) in [5.41, 5.74) is -1.76. The van der Waals surface area contributed by atoms with Gasteiger partial charge in [0.25, 0.3) is 0 Å². The van der Waals surface area contributed by atoms with Crippen LogP contribution in [0.5, 0.6) is 0 Å². The molecule has 1 atom stereocenters. The lowest BCUT2D eigenvalue weighted by Gasteiger charge is -2.40. The van der Waals surface area contributed by atoms with Gasteiger partial charge < -0.3 is 9.80 Å². The molecule has 5 rings (SSSR count). The molecule has 42 heavy (non-hydrogen) atoms. The third kappa shape index (κ3) is 5.02. The van der Waals surface area contributed by atoms with Crippen LogP contribution in [0.2, 0.25) is 5.02 Å². The highest BCUT2D eigenvalue weighted by Gasteiger charge is 2.31. The second-order valence-electron chi connectivity index (χ2n) is 9.89. The Morgan fingerprint density at radius 1 is 1.17 bits per heavy atom. The largest absolute Gasteiger partial charge is 0.355 e. The zero-order valence-electron chi connectivity index (χ0n) is 22.8. The Balaban J connectivity index is 1.86. The predicted octanol–water partition coefficient (Wildman–Crippen LogP) is 3.71. The Morgan fingerprint density at radius 2 is 1.86 bits per heavy atom. The molecule has 0 N–H and O–H groups in total. The van der Waals surface area contributed by atoms with Crippen molar-refractivity contribution in [2.24, 2.45) is 0 Å². The number of carbonyl (C=O) groups is 1. The van der Waals surface area contributed by atoms with E-state index in [1.807, 2.05) is 6.92 Å². The van der Waals surface area contributed by atoms with Crippen LogP contribution in [0.4, 0.5) is 14.6 Å². The molecule has 1 saturated heterocycles. The topological polar surface area (TPSA) is 118 Å². The molecule has 0 spiro atoms. The van der Waals surface area contributed by atoms with Crippen LogP contribution in [0, 0.1) is 18.6 Å². The van der Waals surface area contributed by atoms with Gasteiger partial charge in [0.05, 0.1) is 37.9 Å². The second-order valence-corrected chi connectivity index (χ2v) is 12.3. The third-order valence-electron chi connectivity index (χ3n) is 7.08. The predicted molar refractivity (Wildman–Crippen MR) is 155 cm³/mol. The van der Waals surface area contributed by atoms with Crippen LogP contribution in [0.25, 0.3) is 28.0 Å². The van der Waals surface area contributed by atoms with Crippen LogP contribution < -0.4 is 10.6 Å². The average Bonchev–Trinajstić information content (AvgIpc) is 2.92. The maximum atomic E-state index is 14.9. The summed E-state index contributed by atoms with van der Waals surface area (Å²) in [6, 6.07) is 5.60. The van der Waals surface area contributed by atoms with Gasteiger partial charge in [0, 0.05) is 38.1 Å². The van der Waals surface area contributed by atoms with Gasteiger partial charge in [0.2, 0.25) is 5.91 Å². The fourth-order valence-electron chi connectivity index (χ4n) is 5.13. The number of fused-ring (bicyclic) bond motifs is 1. The first kappa shape index (κ1) is 29.3. The van der Waals surface area contributed by atoms with E-state index in [-0.39, 0.29) is 62.3 Å². The lowest BCUT2D eigenvalue weighted by Crippen LogP contribution is -2.54. The summed E-state index contributed by atoms with van der Waals surface area (Å²) >= 11 is 6.58. The van der Waals surface area contributed by atoms with Crippen LogP contribution in [0.1, 0.15) is 12.6 Å². The first-order valence-corrected chi connectivity index (χ1v) is 15.0. The molecule has 1 fully saturated rings. The van der Waals surface area contributed by atoms with Crippen LogP contribution in [-0.4, -0.2) is 70.7 Å². The molecule has 4 heterocycles.